The number of rotatable bonds is 7. The standard InChI is InChI=1S/C25H24F3N5O4S/c1-13-19(22-30-16-7-3-5-9-18(16)38-22)21(33-24(36)11-10-14(12-34)20(24)35)32-23(29-13)31-15-6-2-4-8-17(15)37-25(26,27)28/h2-9,14,20,34-36H,10-12H2,1H3,(H2,29,31,32,33)/t14-,20-,24-/m1/s1. The van der Waals surface area contributed by atoms with Crippen LogP contribution in [0.25, 0.3) is 20.8 Å². The quantitative estimate of drug-likeness (QED) is 0.211. The molecule has 5 N–H and O–H groups in total. The summed E-state index contributed by atoms with van der Waals surface area (Å²) in [6.07, 6.45) is -5.69. The zero-order valence-corrected chi connectivity index (χ0v) is 20.8. The van der Waals surface area contributed by atoms with Crippen molar-refractivity contribution in [1.29, 1.82) is 0 Å². The van der Waals surface area contributed by atoms with Crippen molar-refractivity contribution in [3.05, 3.63) is 54.2 Å². The number of anilines is 3. The summed E-state index contributed by atoms with van der Waals surface area (Å²) in [6, 6.07) is 13.0. The van der Waals surface area contributed by atoms with E-state index in [1.807, 2.05) is 24.3 Å². The van der Waals surface area contributed by atoms with E-state index >= 15 is 0 Å². The zero-order valence-electron chi connectivity index (χ0n) is 20.0. The number of para-hydroxylation sites is 3. The molecule has 2 aromatic heterocycles. The van der Waals surface area contributed by atoms with Crippen molar-refractivity contribution in [1.82, 2.24) is 15.0 Å². The van der Waals surface area contributed by atoms with Gasteiger partial charge in [-0.15, -0.1) is 24.5 Å². The molecule has 0 radical (unpaired) electrons. The predicted molar refractivity (Wildman–Crippen MR) is 136 cm³/mol. The lowest BCUT2D eigenvalue weighted by Gasteiger charge is -2.31. The third-order valence-corrected chi connectivity index (χ3v) is 7.41. The van der Waals surface area contributed by atoms with Crippen molar-refractivity contribution in [3.8, 4) is 16.3 Å². The molecular formula is C25H24F3N5O4S. The van der Waals surface area contributed by atoms with Crippen molar-refractivity contribution in [3.63, 3.8) is 0 Å². The average molecular weight is 548 g/mol. The number of aryl methyl sites for hydroxylation is 1. The number of alkyl halides is 3. The minimum absolute atomic E-state index is 0.0251. The number of aromatic nitrogens is 3. The second-order valence-corrected chi connectivity index (χ2v) is 10.0. The Kier molecular flexibility index (Phi) is 6.86. The van der Waals surface area contributed by atoms with Gasteiger partial charge in [-0.05, 0) is 44.0 Å². The maximum absolute atomic E-state index is 12.9. The summed E-state index contributed by atoms with van der Waals surface area (Å²) in [4.78, 5) is 13.6. The van der Waals surface area contributed by atoms with Crippen LogP contribution in [0.4, 0.5) is 30.6 Å². The summed E-state index contributed by atoms with van der Waals surface area (Å²) in [6.45, 7) is 1.38. The first-order chi connectivity index (χ1) is 18.1. The molecule has 200 valence electrons. The Hall–Kier alpha value is -3.52. The van der Waals surface area contributed by atoms with Crippen LogP contribution >= 0.6 is 11.3 Å². The van der Waals surface area contributed by atoms with E-state index in [2.05, 4.69) is 30.3 Å². The molecular weight excluding hydrogens is 523 g/mol. The summed E-state index contributed by atoms with van der Waals surface area (Å²) in [5.74, 6) is -0.955. The third kappa shape index (κ3) is 5.23. The number of nitrogens with zero attached hydrogens (tertiary/aromatic N) is 3. The molecule has 38 heavy (non-hydrogen) atoms. The van der Waals surface area contributed by atoms with E-state index in [1.54, 1.807) is 6.92 Å². The van der Waals surface area contributed by atoms with Crippen molar-refractivity contribution < 1.29 is 33.2 Å². The molecule has 3 atom stereocenters. The second kappa shape index (κ2) is 9.98. The molecule has 0 aliphatic heterocycles. The minimum atomic E-state index is -4.90. The maximum atomic E-state index is 12.9. The van der Waals surface area contributed by atoms with E-state index in [1.165, 1.54) is 29.5 Å². The number of hydrogen-bond donors (Lipinski definition) is 5. The highest BCUT2D eigenvalue weighted by Crippen LogP contribution is 2.41. The van der Waals surface area contributed by atoms with Gasteiger partial charge in [0, 0.05) is 12.5 Å². The van der Waals surface area contributed by atoms with Crippen molar-refractivity contribution in [2.75, 3.05) is 17.2 Å². The fourth-order valence-corrected chi connectivity index (χ4v) is 5.56. The van der Waals surface area contributed by atoms with E-state index in [0.29, 0.717) is 22.7 Å². The SMILES string of the molecule is Cc1nc(Nc2ccccc2OC(F)(F)F)nc(N[C@@]2(O)CC[C@H](CO)[C@H]2O)c1-c1nc2ccccc2s1. The molecule has 1 aliphatic rings. The van der Waals surface area contributed by atoms with Crippen LogP contribution < -0.4 is 15.4 Å². The smallest absolute Gasteiger partial charge is 0.404 e. The molecule has 1 saturated carbocycles. The predicted octanol–water partition coefficient (Wildman–Crippen LogP) is 4.57. The molecule has 5 rings (SSSR count). The molecule has 9 nitrogen and oxygen atoms in total. The number of thiazole rings is 1. The fourth-order valence-electron chi connectivity index (χ4n) is 4.49. The van der Waals surface area contributed by atoms with Gasteiger partial charge < -0.3 is 30.7 Å². The van der Waals surface area contributed by atoms with Crippen molar-refractivity contribution in [2.24, 2.45) is 5.92 Å². The van der Waals surface area contributed by atoms with Crippen LogP contribution in [0, 0.1) is 12.8 Å². The van der Waals surface area contributed by atoms with E-state index in [9.17, 15) is 28.5 Å². The summed E-state index contributed by atoms with van der Waals surface area (Å²) >= 11 is 1.38. The van der Waals surface area contributed by atoms with Crippen molar-refractivity contribution in [2.45, 2.75) is 38.0 Å². The highest BCUT2D eigenvalue weighted by Gasteiger charge is 2.47. The molecule has 2 aromatic carbocycles. The van der Waals surface area contributed by atoms with Gasteiger partial charge in [0.1, 0.15) is 16.9 Å². The highest BCUT2D eigenvalue weighted by molar-refractivity contribution is 7.21. The first-order valence-corrected chi connectivity index (χ1v) is 12.5. The molecule has 0 unspecified atom stereocenters. The summed E-state index contributed by atoms with van der Waals surface area (Å²) in [5, 5.41) is 37.8. The molecule has 0 saturated heterocycles. The Bertz CT molecular complexity index is 1430. The number of nitrogens with one attached hydrogen (secondary N) is 2. The Morgan fingerprint density at radius 2 is 1.84 bits per heavy atom. The lowest BCUT2D eigenvalue weighted by atomic mass is 10.0. The van der Waals surface area contributed by atoms with Gasteiger partial charge in [0.05, 0.1) is 27.2 Å². The molecule has 0 bridgehead atoms. The molecule has 2 heterocycles. The van der Waals surface area contributed by atoms with Crippen LogP contribution in [0.2, 0.25) is 0 Å². The van der Waals surface area contributed by atoms with Crippen LogP contribution in [0.3, 0.4) is 0 Å². The Labute approximate surface area is 219 Å². The number of ether oxygens (including phenoxy) is 1. The summed E-state index contributed by atoms with van der Waals surface area (Å²) in [7, 11) is 0. The zero-order chi connectivity index (χ0) is 27.1. The number of aliphatic hydroxyl groups excluding tert-OH is 2. The Morgan fingerprint density at radius 1 is 1.11 bits per heavy atom. The maximum Gasteiger partial charge on any atom is 0.573 e. The van der Waals surface area contributed by atoms with Gasteiger partial charge in [-0.1, -0.05) is 24.3 Å². The Morgan fingerprint density at radius 3 is 2.55 bits per heavy atom. The number of aliphatic hydroxyl groups is 3. The number of benzene rings is 2. The highest BCUT2D eigenvalue weighted by atomic mass is 32.1. The van der Waals surface area contributed by atoms with E-state index in [-0.39, 0.29) is 30.5 Å². The normalized spacial score (nSPS) is 21.6. The van der Waals surface area contributed by atoms with Crippen LogP contribution in [0.5, 0.6) is 5.75 Å². The fraction of sp³-hybridized carbons (Fsp3) is 0.320. The second-order valence-electron chi connectivity index (χ2n) is 8.99. The van der Waals surface area contributed by atoms with Gasteiger partial charge in [0.25, 0.3) is 0 Å². The molecule has 4 aromatic rings. The third-order valence-electron chi connectivity index (χ3n) is 6.36. The van der Waals surface area contributed by atoms with Crippen LogP contribution in [0.1, 0.15) is 18.5 Å². The van der Waals surface area contributed by atoms with Gasteiger partial charge >= 0.3 is 6.36 Å². The minimum Gasteiger partial charge on any atom is -0.404 e. The first kappa shape index (κ1) is 26.1. The van der Waals surface area contributed by atoms with E-state index in [4.69, 9.17) is 0 Å². The largest absolute Gasteiger partial charge is 0.573 e. The number of fused-ring (bicyclic) bond motifs is 1. The average Bonchev–Trinajstić information content (AvgIpc) is 3.39. The van der Waals surface area contributed by atoms with E-state index < -0.39 is 29.9 Å². The van der Waals surface area contributed by atoms with E-state index in [0.717, 1.165) is 16.3 Å². The Balaban J connectivity index is 1.58. The molecule has 1 aliphatic carbocycles. The molecule has 13 heteroatoms. The lowest BCUT2D eigenvalue weighted by Crippen LogP contribution is -2.48. The van der Waals surface area contributed by atoms with Gasteiger partial charge in [-0.25, -0.2) is 9.97 Å². The van der Waals surface area contributed by atoms with Crippen LogP contribution in [-0.2, 0) is 0 Å². The van der Waals surface area contributed by atoms with Gasteiger partial charge in [0.15, 0.2) is 11.5 Å². The van der Waals surface area contributed by atoms with Crippen molar-refractivity contribution >= 4 is 39.0 Å². The number of halogens is 3. The topological polar surface area (TPSA) is 133 Å². The monoisotopic (exact) mass is 547 g/mol. The summed E-state index contributed by atoms with van der Waals surface area (Å²) < 4.78 is 43.8. The molecule has 0 amide bonds. The van der Waals surface area contributed by atoms with Gasteiger partial charge in [-0.2, -0.15) is 4.98 Å². The van der Waals surface area contributed by atoms with Crippen LogP contribution in [0.15, 0.2) is 48.5 Å². The lowest BCUT2D eigenvalue weighted by molar-refractivity contribution is -0.274. The number of hydrogen-bond acceptors (Lipinski definition) is 10. The van der Waals surface area contributed by atoms with Gasteiger partial charge in [-0.3, -0.25) is 0 Å². The van der Waals surface area contributed by atoms with Crippen LogP contribution in [-0.4, -0.2) is 55.1 Å². The van der Waals surface area contributed by atoms with Gasteiger partial charge in [0.2, 0.25) is 5.95 Å². The first-order valence-electron chi connectivity index (χ1n) is 11.7. The summed E-state index contributed by atoms with van der Waals surface area (Å²) in [5.41, 5.74) is -0.201. The molecule has 1 fully saturated rings. The molecule has 0 spiro atoms.